The van der Waals surface area contributed by atoms with Gasteiger partial charge in [0.15, 0.2) is 0 Å². The lowest BCUT2D eigenvalue weighted by molar-refractivity contribution is -0.138. The number of benzene rings is 1. The van der Waals surface area contributed by atoms with Crippen molar-refractivity contribution >= 4 is 12.0 Å². The standard InChI is InChI=1S/C33H51N3O5/c1-33(2,3)41-32(38)36-16-12-25(13-17-36)24-40-30-10-8-27(9-11-30)26-4-6-28(7-5-26)31(37)35-18-14-29(15-19-35)34-20-22-39-23-21-34/h8-11,25-26,28-29H,4-7,12-24H2,1-3H3. The number of carbonyl (C=O) groups is 2. The predicted molar refractivity (Wildman–Crippen MR) is 159 cm³/mol. The van der Waals surface area contributed by atoms with Gasteiger partial charge in [-0.1, -0.05) is 12.1 Å². The molecule has 0 N–H and O–H groups in total. The van der Waals surface area contributed by atoms with E-state index in [1.807, 2.05) is 25.7 Å². The molecule has 8 heteroatoms. The molecule has 0 radical (unpaired) electrons. The lowest BCUT2D eigenvalue weighted by Crippen LogP contribution is -2.51. The van der Waals surface area contributed by atoms with E-state index in [9.17, 15) is 9.59 Å². The van der Waals surface area contributed by atoms with Gasteiger partial charge in [0, 0.05) is 51.2 Å². The molecule has 3 heterocycles. The Balaban J connectivity index is 0.995. The highest BCUT2D eigenvalue weighted by Crippen LogP contribution is 2.37. The van der Waals surface area contributed by atoms with Crippen LogP contribution in [0.5, 0.6) is 5.75 Å². The first-order valence-corrected chi connectivity index (χ1v) is 16.1. The summed E-state index contributed by atoms with van der Waals surface area (Å²) in [5, 5.41) is 0. The maximum absolute atomic E-state index is 13.3. The number of amides is 2. The summed E-state index contributed by atoms with van der Waals surface area (Å²) in [6.45, 7) is 13.4. The molecule has 3 saturated heterocycles. The number of hydrogen-bond donors (Lipinski definition) is 0. The monoisotopic (exact) mass is 569 g/mol. The number of hydrogen-bond acceptors (Lipinski definition) is 6. The zero-order valence-electron chi connectivity index (χ0n) is 25.5. The number of piperidine rings is 2. The summed E-state index contributed by atoms with van der Waals surface area (Å²) in [6.07, 6.45) is 8.00. The topological polar surface area (TPSA) is 71.5 Å². The molecular weight excluding hydrogens is 518 g/mol. The van der Waals surface area contributed by atoms with Crippen LogP contribution in [-0.2, 0) is 14.3 Å². The molecule has 0 unspecified atom stereocenters. The molecule has 1 aromatic carbocycles. The Hall–Kier alpha value is -2.32. The lowest BCUT2D eigenvalue weighted by Gasteiger charge is -2.41. The Labute approximate surface area is 246 Å². The molecule has 4 aliphatic rings. The van der Waals surface area contributed by atoms with Crippen LogP contribution in [-0.4, -0.2) is 97.4 Å². The third-order valence-electron chi connectivity index (χ3n) is 9.52. The van der Waals surface area contributed by atoms with Crippen LogP contribution < -0.4 is 4.74 Å². The number of carbonyl (C=O) groups excluding carboxylic acids is 2. The Morgan fingerprint density at radius 2 is 1.41 bits per heavy atom. The van der Waals surface area contributed by atoms with Crippen molar-refractivity contribution in [2.24, 2.45) is 11.8 Å². The summed E-state index contributed by atoms with van der Waals surface area (Å²) in [7, 11) is 0. The Kier molecular flexibility index (Phi) is 10.1. The van der Waals surface area contributed by atoms with Gasteiger partial charge >= 0.3 is 6.09 Å². The van der Waals surface area contributed by atoms with Crippen LogP contribution >= 0.6 is 0 Å². The van der Waals surface area contributed by atoms with Crippen LogP contribution in [0.15, 0.2) is 24.3 Å². The molecule has 1 aromatic rings. The third kappa shape index (κ3) is 8.38. The predicted octanol–water partition coefficient (Wildman–Crippen LogP) is 5.31. The van der Waals surface area contributed by atoms with Gasteiger partial charge in [0.25, 0.3) is 0 Å². The fourth-order valence-electron chi connectivity index (χ4n) is 6.98. The molecule has 41 heavy (non-hydrogen) atoms. The van der Waals surface area contributed by atoms with Crippen LogP contribution in [0.3, 0.4) is 0 Å². The van der Waals surface area contributed by atoms with Gasteiger partial charge in [-0.25, -0.2) is 4.79 Å². The second kappa shape index (κ2) is 13.8. The van der Waals surface area contributed by atoms with E-state index in [0.29, 0.717) is 30.4 Å². The fraction of sp³-hybridized carbons (Fsp3) is 0.758. The molecule has 5 rings (SSSR count). The maximum atomic E-state index is 13.3. The van der Waals surface area contributed by atoms with Crippen molar-refractivity contribution in [3.05, 3.63) is 29.8 Å². The number of nitrogens with zero attached hydrogens (tertiary/aromatic N) is 3. The summed E-state index contributed by atoms with van der Waals surface area (Å²) in [6, 6.07) is 9.23. The van der Waals surface area contributed by atoms with Gasteiger partial charge in [0.2, 0.25) is 5.91 Å². The lowest BCUT2D eigenvalue weighted by atomic mass is 9.78. The molecule has 4 fully saturated rings. The number of morpholine rings is 1. The molecule has 0 bridgehead atoms. The van der Waals surface area contributed by atoms with Crippen LogP contribution in [0.25, 0.3) is 0 Å². The van der Waals surface area contributed by atoms with E-state index in [1.165, 1.54) is 5.56 Å². The van der Waals surface area contributed by atoms with E-state index in [2.05, 4.69) is 34.1 Å². The van der Waals surface area contributed by atoms with Gasteiger partial charge in [0.1, 0.15) is 11.4 Å². The fourth-order valence-corrected chi connectivity index (χ4v) is 6.98. The third-order valence-corrected chi connectivity index (χ3v) is 9.52. The molecule has 1 aliphatic carbocycles. The molecule has 0 aromatic heterocycles. The van der Waals surface area contributed by atoms with E-state index >= 15 is 0 Å². The van der Waals surface area contributed by atoms with Gasteiger partial charge in [0.05, 0.1) is 19.8 Å². The van der Waals surface area contributed by atoms with Gasteiger partial charge in [-0.15, -0.1) is 0 Å². The van der Waals surface area contributed by atoms with Crippen LogP contribution in [0.2, 0.25) is 0 Å². The first kappa shape index (κ1) is 30.1. The minimum absolute atomic E-state index is 0.190. The molecule has 8 nitrogen and oxygen atoms in total. The average molecular weight is 570 g/mol. The number of ether oxygens (including phenoxy) is 3. The maximum Gasteiger partial charge on any atom is 0.410 e. The van der Waals surface area contributed by atoms with E-state index in [1.54, 1.807) is 0 Å². The van der Waals surface area contributed by atoms with Crippen LogP contribution in [0.1, 0.15) is 83.6 Å². The molecule has 228 valence electrons. The van der Waals surface area contributed by atoms with Gasteiger partial charge in [-0.3, -0.25) is 9.69 Å². The Bertz CT molecular complexity index is 979. The first-order valence-electron chi connectivity index (χ1n) is 16.1. The smallest absolute Gasteiger partial charge is 0.410 e. The summed E-state index contributed by atoms with van der Waals surface area (Å²) in [4.78, 5) is 32.1. The minimum Gasteiger partial charge on any atom is -0.493 e. The second-order valence-electron chi connectivity index (χ2n) is 13.5. The molecule has 0 spiro atoms. The summed E-state index contributed by atoms with van der Waals surface area (Å²) >= 11 is 0. The van der Waals surface area contributed by atoms with E-state index in [0.717, 1.165) is 110 Å². The van der Waals surface area contributed by atoms with Crippen molar-refractivity contribution in [3.8, 4) is 5.75 Å². The first-order chi connectivity index (χ1) is 19.7. The largest absolute Gasteiger partial charge is 0.493 e. The molecule has 2 amide bonds. The molecular formula is C33H51N3O5. The highest BCUT2D eigenvalue weighted by molar-refractivity contribution is 5.79. The summed E-state index contributed by atoms with van der Waals surface area (Å²) in [5.74, 6) is 2.47. The number of rotatable bonds is 6. The van der Waals surface area contributed by atoms with E-state index in [-0.39, 0.29) is 12.0 Å². The van der Waals surface area contributed by atoms with Crippen molar-refractivity contribution in [1.29, 1.82) is 0 Å². The van der Waals surface area contributed by atoms with Crippen molar-refractivity contribution in [3.63, 3.8) is 0 Å². The Morgan fingerprint density at radius 1 is 0.805 bits per heavy atom. The van der Waals surface area contributed by atoms with Crippen molar-refractivity contribution in [1.82, 2.24) is 14.7 Å². The quantitative estimate of drug-likeness (QED) is 0.463. The van der Waals surface area contributed by atoms with Gasteiger partial charge in [-0.2, -0.15) is 0 Å². The minimum atomic E-state index is -0.457. The molecule has 0 atom stereocenters. The highest BCUT2D eigenvalue weighted by atomic mass is 16.6. The molecule has 1 saturated carbocycles. The molecule has 3 aliphatic heterocycles. The zero-order chi connectivity index (χ0) is 28.8. The van der Waals surface area contributed by atoms with Gasteiger partial charge in [-0.05, 0) is 102 Å². The second-order valence-corrected chi connectivity index (χ2v) is 13.5. The van der Waals surface area contributed by atoms with Crippen LogP contribution in [0, 0.1) is 11.8 Å². The highest BCUT2D eigenvalue weighted by Gasteiger charge is 2.33. The van der Waals surface area contributed by atoms with Gasteiger partial charge < -0.3 is 24.0 Å². The average Bonchev–Trinajstić information content (AvgIpc) is 3.00. The van der Waals surface area contributed by atoms with Crippen molar-refractivity contribution in [2.45, 2.75) is 89.7 Å². The zero-order valence-corrected chi connectivity index (χ0v) is 25.5. The van der Waals surface area contributed by atoms with E-state index in [4.69, 9.17) is 14.2 Å². The normalized spacial score (nSPS) is 25.6. The van der Waals surface area contributed by atoms with Crippen LogP contribution in [0.4, 0.5) is 4.79 Å². The van der Waals surface area contributed by atoms with Crippen molar-refractivity contribution < 1.29 is 23.8 Å². The Morgan fingerprint density at radius 3 is 2.02 bits per heavy atom. The summed E-state index contributed by atoms with van der Waals surface area (Å²) < 4.78 is 17.1. The summed E-state index contributed by atoms with van der Waals surface area (Å²) in [5.41, 5.74) is 0.904. The SMILES string of the molecule is CC(C)(C)OC(=O)N1CCC(COc2ccc(C3CCC(C(=O)N4CCC(N5CCOCC5)CC4)CC3)cc2)CC1. The number of likely N-dealkylation sites (tertiary alicyclic amines) is 2. The van der Waals surface area contributed by atoms with Crippen molar-refractivity contribution in [2.75, 3.05) is 59.1 Å². The van der Waals surface area contributed by atoms with E-state index < -0.39 is 5.60 Å².